The van der Waals surface area contributed by atoms with E-state index in [0.717, 1.165) is 25.0 Å². The van der Waals surface area contributed by atoms with E-state index >= 15 is 0 Å². The highest BCUT2D eigenvalue weighted by Gasteiger charge is 2.24. The summed E-state index contributed by atoms with van der Waals surface area (Å²) >= 11 is 0. The molecule has 0 bridgehead atoms. The third kappa shape index (κ3) is 3.07. The molecule has 1 aromatic carbocycles. The number of hydrogen-bond donors (Lipinski definition) is 1. The third-order valence-electron chi connectivity index (χ3n) is 3.64. The van der Waals surface area contributed by atoms with Gasteiger partial charge in [0.1, 0.15) is 0 Å². The van der Waals surface area contributed by atoms with E-state index in [1.807, 2.05) is 30.9 Å². The Morgan fingerprint density at radius 3 is 2.89 bits per heavy atom. The number of hydrogen-bond acceptors (Lipinski definition) is 3. The standard InChI is InChI=1S/C15H22N2O2/c1-3-17(10-12-7-5-9-19-12)15(18)14-11(2)6-4-8-13(14)16/h4,6,8,12H,3,5,7,9-10,16H2,1-2H3. The molecule has 1 amide bonds. The number of anilines is 1. The van der Waals surface area contributed by atoms with Gasteiger partial charge in [0.25, 0.3) is 5.91 Å². The first-order chi connectivity index (χ1) is 9.13. The van der Waals surface area contributed by atoms with Crippen molar-refractivity contribution in [3.8, 4) is 0 Å². The molecule has 1 heterocycles. The second kappa shape index (κ2) is 6.06. The van der Waals surface area contributed by atoms with Crippen LogP contribution >= 0.6 is 0 Å². The maximum Gasteiger partial charge on any atom is 0.256 e. The van der Waals surface area contributed by atoms with Gasteiger partial charge in [-0.1, -0.05) is 12.1 Å². The fourth-order valence-corrected chi connectivity index (χ4v) is 2.53. The van der Waals surface area contributed by atoms with Crippen molar-refractivity contribution >= 4 is 11.6 Å². The average molecular weight is 262 g/mol. The zero-order valence-corrected chi connectivity index (χ0v) is 11.7. The molecule has 1 unspecified atom stereocenters. The largest absolute Gasteiger partial charge is 0.398 e. The maximum atomic E-state index is 12.6. The topological polar surface area (TPSA) is 55.6 Å². The molecule has 19 heavy (non-hydrogen) atoms. The van der Waals surface area contributed by atoms with Crippen LogP contribution in [0, 0.1) is 6.92 Å². The molecule has 1 aromatic rings. The Morgan fingerprint density at radius 2 is 2.32 bits per heavy atom. The molecule has 1 fully saturated rings. The van der Waals surface area contributed by atoms with Crippen LogP contribution in [0.25, 0.3) is 0 Å². The number of ether oxygens (including phenoxy) is 1. The lowest BCUT2D eigenvalue weighted by molar-refractivity contribution is 0.0539. The van der Waals surface area contributed by atoms with Gasteiger partial charge in [0.05, 0.1) is 11.7 Å². The summed E-state index contributed by atoms with van der Waals surface area (Å²) in [4.78, 5) is 14.4. The molecule has 0 saturated carbocycles. The summed E-state index contributed by atoms with van der Waals surface area (Å²) in [5, 5.41) is 0. The quantitative estimate of drug-likeness (QED) is 0.846. The van der Waals surface area contributed by atoms with Crippen LogP contribution in [0.2, 0.25) is 0 Å². The molecular formula is C15H22N2O2. The Bertz CT molecular complexity index is 433. The van der Waals surface area contributed by atoms with Crippen molar-refractivity contribution in [1.29, 1.82) is 0 Å². The Morgan fingerprint density at radius 1 is 1.53 bits per heavy atom. The molecule has 2 rings (SSSR count). The maximum absolute atomic E-state index is 12.6. The van der Waals surface area contributed by atoms with Crippen LogP contribution in [-0.4, -0.2) is 36.6 Å². The predicted molar refractivity (Wildman–Crippen MR) is 76.1 cm³/mol. The minimum Gasteiger partial charge on any atom is -0.398 e. The molecule has 2 N–H and O–H groups in total. The van der Waals surface area contributed by atoms with Crippen LogP contribution in [0.15, 0.2) is 18.2 Å². The van der Waals surface area contributed by atoms with Crippen LogP contribution in [0.4, 0.5) is 5.69 Å². The van der Waals surface area contributed by atoms with Crippen molar-refractivity contribution in [2.75, 3.05) is 25.4 Å². The van der Waals surface area contributed by atoms with Gasteiger partial charge in [0, 0.05) is 25.4 Å². The van der Waals surface area contributed by atoms with Crippen LogP contribution < -0.4 is 5.73 Å². The highest BCUT2D eigenvalue weighted by atomic mass is 16.5. The van der Waals surface area contributed by atoms with E-state index in [4.69, 9.17) is 10.5 Å². The molecule has 1 aliphatic heterocycles. The van der Waals surface area contributed by atoms with Gasteiger partial charge in [0.15, 0.2) is 0 Å². The number of amides is 1. The summed E-state index contributed by atoms with van der Waals surface area (Å²) in [5.41, 5.74) is 8.05. The van der Waals surface area contributed by atoms with Crippen molar-refractivity contribution in [3.63, 3.8) is 0 Å². The van der Waals surface area contributed by atoms with Crippen molar-refractivity contribution in [1.82, 2.24) is 4.90 Å². The van der Waals surface area contributed by atoms with Gasteiger partial charge >= 0.3 is 0 Å². The lowest BCUT2D eigenvalue weighted by Crippen LogP contribution is -2.37. The fourth-order valence-electron chi connectivity index (χ4n) is 2.53. The lowest BCUT2D eigenvalue weighted by Gasteiger charge is -2.25. The molecule has 0 aromatic heterocycles. The monoisotopic (exact) mass is 262 g/mol. The van der Waals surface area contributed by atoms with Crippen molar-refractivity contribution < 1.29 is 9.53 Å². The normalized spacial score (nSPS) is 18.5. The number of carbonyl (C=O) groups excluding carboxylic acids is 1. The number of nitrogens with two attached hydrogens (primary N) is 1. The number of rotatable bonds is 4. The van der Waals surface area contributed by atoms with E-state index in [-0.39, 0.29) is 12.0 Å². The summed E-state index contributed by atoms with van der Waals surface area (Å²) < 4.78 is 5.61. The first-order valence-corrected chi connectivity index (χ1v) is 6.89. The van der Waals surface area contributed by atoms with E-state index < -0.39 is 0 Å². The zero-order valence-electron chi connectivity index (χ0n) is 11.7. The highest BCUT2D eigenvalue weighted by molar-refractivity contribution is 6.00. The average Bonchev–Trinajstić information content (AvgIpc) is 2.88. The van der Waals surface area contributed by atoms with Crippen LogP contribution in [0.1, 0.15) is 35.7 Å². The summed E-state index contributed by atoms with van der Waals surface area (Å²) in [7, 11) is 0. The Kier molecular flexibility index (Phi) is 4.43. The molecule has 1 atom stereocenters. The first-order valence-electron chi connectivity index (χ1n) is 6.89. The number of carbonyl (C=O) groups is 1. The zero-order chi connectivity index (χ0) is 13.8. The molecule has 4 nitrogen and oxygen atoms in total. The molecule has 0 spiro atoms. The molecular weight excluding hydrogens is 240 g/mol. The number of aryl methyl sites for hydroxylation is 1. The van der Waals surface area contributed by atoms with E-state index in [0.29, 0.717) is 24.3 Å². The Balaban J connectivity index is 2.15. The highest BCUT2D eigenvalue weighted by Crippen LogP contribution is 2.20. The lowest BCUT2D eigenvalue weighted by atomic mass is 10.0. The Hall–Kier alpha value is -1.55. The van der Waals surface area contributed by atoms with E-state index in [1.165, 1.54) is 0 Å². The third-order valence-corrected chi connectivity index (χ3v) is 3.64. The molecule has 1 saturated heterocycles. The van der Waals surface area contributed by atoms with Gasteiger partial charge in [-0.25, -0.2) is 0 Å². The van der Waals surface area contributed by atoms with Gasteiger partial charge in [-0.3, -0.25) is 4.79 Å². The predicted octanol–water partition coefficient (Wildman–Crippen LogP) is 2.22. The summed E-state index contributed by atoms with van der Waals surface area (Å²) in [6.45, 7) is 6.04. The van der Waals surface area contributed by atoms with Crippen LogP contribution in [0.3, 0.4) is 0 Å². The molecule has 1 aliphatic rings. The van der Waals surface area contributed by atoms with Gasteiger partial charge in [-0.05, 0) is 38.3 Å². The fraction of sp³-hybridized carbons (Fsp3) is 0.533. The second-order valence-corrected chi connectivity index (χ2v) is 5.02. The molecule has 4 heteroatoms. The summed E-state index contributed by atoms with van der Waals surface area (Å²) in [6.07, 6.45) is 2.30. The number of benzene rings is 1. The number of likely N-dealkylation sites (N-methyl/N-ethyl adjacent to an activating group) is 1. The minimum atomic E-state index is 0.00796. The molecule has 0 aliphatic carbocycles. The van der Waals surface area contributed by atoms with Gasteiger partial charge in [-0.15, -0.1) is 0 Å². The molecule has 104 valence electrons. The minimum absolute atomic E-state index is 0.00796. The first kappa shape index (κ1) is 13.9. The Labute approximate surface area is 114 Å². The SMILES string of the molecule is CCN(CC1CCCO1)C(=O)c1c(C)cccc1N. The van der Waals surface area contributed by atoms with Crippen LogP contribution in [0.5, 0.6) is 0 Å². The summed E-state index contributed by atoms with van der Waals surface area (Å²) in [6, 6.07) is 5.57. The van der Waals surface area contributed by atoms with Gasteiger partial charge in [0.2, 0.25) is 0 Å². The molecule has 0 radical (unpaired) electrons. The van der Waals surface area contributed by atoms with Gasteiger partial charge < -0.3 is 15.4 Å². The van der Waals surface area contributed by atoms with Crippen molar-refractivity contribution in [2.45, 2.75) is 32.8 Å². The number of nitrogen functional groups attached to an aromatic ring is 1. The van der Waals surface area contributed by atoms with Crippen LogP contribution in [-0.2, 0) is 4.74 Å². The van der Waals surface area contributed by atoms with Crippen molar-refractivity contribution in [2.24, 2.45) is 0 Å². The van der Waals surface area contributed by atoms with Gasteiger partial charge in [-0.2, -0.15) is 0 Å². The second-order valence-electron chi connectivity index (χ2n) is 5.02. The number of nitrogens with zero attached hydrogens (tertiary/aromatic N) is 1. The summed E-state index contributed by atoms with van der Waals surface area (Å²) in [5.74, 6) is 0.00796. The van der Waals surface area contributed by atoms with Crippen molar-refractivity contribution in [3.05, 3.63) is 29.3 Å². The smallest absolute Gasteiger partial charge is 0.256 e. The van der Waals surface area contributed by atoms with E-state index in [2.05, 4.69) is 0 Å². The van der Waals surface area contributed by atoms with E-state index in [9.17, 15) is 4.79 Å². The van der Waals surface area contributed by atoms with E-state index in [1.54, 1.807) is 6.07 Å².